The third-order valence-corrected chi connectivity index (χ3v) is 8.90. The molecule has 2 aromatic rings. The van der Waals surface area contributed by atoms with Gasteiger partial charge in [0.25, 0.3) is 5.92 Å². The molecule has 0 amide bonds. The van der Waals surface area contributed by atoms with Crippen LogP contribution >= 0.6 is 0 Å². The zero-order valence-corrected chi connectivity index (χ0v) is 25.7. The lowest BCUT2D eigenvalue weighted by molar-refractivity contribution is -0.0486. The molecule has 0 aliphatic heterocycles. The molecular weight excluding hydrogens is 561 g/mol. The number of alkyl halides is 2. The maximum Gasteiger partial charge on any atom is 0.284 e. The summed E-state index contributed by atoms with van der Waals surface area (Å²) in [6.07, 6.45) is 15.6. The van der Waals surface area contributed by atoms with Crippen LogP contribution in [0.15, 0.2) is 18.2 Å². The Labute approximate surface area is 254 Å². The summed E-state index contributed by atoms with van der Waals surface area (Å²) in [5.41, 5.74) is -0.972. The third-order valence-electron chi connectivity index (χ3n) is 8.90. The largest absolute Gasteiger partial charge is 0.478 e. The van der Waals surface area contributed by atoms with Gasteiger partial charge in [-0.15, -0.1) is 0 Å². The molecule has 1 atom stereocenters. The molecule has 0 N–H and O–H groups in total. The van der Waals surface area contributed by atoms with Crippen LogP contribution in [0.4, 0.5) is 22.0 Å². The van der Waals surface area contributed by atoms with E-state index in [0.717, 1.165) is 50.9 Å². The first kappa shape index (κ1) is 33.7. The molecule has 240 valence electrons. The average molecular weight is 610 g/mol. The number of unbranched alkanes of at least 4 members (excludes halogenated alkanes) is 8. The van der Waals surface area contributed by atoms with Gasteiger partial charge in [-0.25, -0.2) is 17.6 Å². The maximum absolute atomic E-state index is 15.6. The minimum Gasteiger partial charge on any atom is -0.478 e. The average Bonchev–Trinajstić information content (AvgIpc) is 3.80. The fourth-order valence-corrected chi connectivity index (χ4v) is 6.10. The van der Waals surface area contributed by atoms with Gasteiger partial charge in [-0.05, 0) is 62.0 Å². The van der Waals surface area contributed by atoms with Crippen molar-refractivity contribution in [2.24, 2.45) is 5.92 Å². The van der Waals surface area contributed by atoms with E-state index in [9.17, 15) is 4.39 Å². The fourth-order valence-electron chi connectivity index (χ4n) is 6.10. The summed E-state index contributed by atoms with van der Waals surface area (Å²) >= 11 is 0. The number of fused-ring (bicyclic) bond motifs is 1. The van der Waals surface area contributed by atoms with E-state index in [1.807, 2.05) is 0 Å². The number of hydrogen-bond acceptors (Lipinski definition) is 3. The molecule has 0 saturated heterocycles. The van der Waals surface area contributed by atoms with E-state index in [1.54, 1.807) is 0 Å². The van der Waals surface area contributed by atoms with E-state index in [4.69, 9.17) is 9.47 Å². The molecule has 2 aliphatic rings. The van der Waals surface area contributed by atoms with Crippen molar-refractivity contribution in [3.63, 3.8) is 0 Å². The van der Waals surface area contributed by atoms with Crippen LogP contribution < -0.4 is 4.74 Å². The molecule has 3 nitrogen and oxygen atoms in total. The summed E-state index contributed by atoms with van der Waals surface area (Å²) in [7, 11) is 0. The molecule has 8 heteroatoms. The first-order chi connectivity index (χ1) is 20.8. The first-order valence-corrected chi connectivity index (χ1v) is 16.6. The number of hydrogen-bond donors (Lipinski definition) is 0. The fraction of sp³-hybridized carbons (Fsp3) is 0.686. The Balaban J connectivity index is 1.28. The highest BCUT2D eigenvalue weighted by molar-refractivity contribution is 5.41. The lowest BCUT2D eigenvalue weighted by Gasteiger charge is -2.34. The Morgan fingerprint density at radius 3 is 2.26 bits per heavy atom. The maximum atomic E-state index is 15.6. The van der Waals surface area contributed by atoms with Crippen molar-refractivity contribution in [3.8, 4) is 5.88 Å². The third kappa shape index (κ3) is 9.63. The summed E-state index contributed by atoms with van der Waals surface area (Å²) in [4.78, 5) is 3.63. The summed E-state index contributed by atoms with van der Waals surface area (Å²) in [5.74, 6) is -8.15. The molecule has 1 saturated carbocycles. The summed E-state index contributed by atoms with van der Waals surface area (Å²) in [6, 6.07) is 4.01. The minimum atomic E-state index is -3.74. The smallest absolute Gasteiger partial charge is 0.284 e. The molecule has 1 heterocycles. The quantitative estimate of drug-likeness (QED) is 0.0850. The van der Waals surface area contributed by atoms with Crippen molar-refractivity contribution < 1.29 is 31.4 Å². The van der Waals surface area contributed by atoms with Crippen LogP contribution in [0, 0.1) is 23.5 Å². The zero-order valence-electron chi connectivity index (χ0n) is 25.7. The second kappa shape index (κ2) is 16.7. The molecule has 1 fully saturated rings. The molecule has 2 aliphatic carbocycles. The van der Waals surface area contributed by atoms with E-state index in [1.165, 1.54) is 56.7 Å². The highest BCUT2D eigenvalue weighted by atomic mass is 19.3. The normalized spacial score (nSPS) is 17.7. The Morgan fingerprint density at radius 1 is 0.814 bits per heavy atom. The van der Waals surface area contributed by atoms with Gasteiger partial charge in [0.2, 0.25) is 11.8 Å². The number of rotatable bonds is 20. The molecule has 1 aromatic carbocycles. The van der Waals surface area contributed by atoms with E-state index in [0.29, 0.717) is 26.1 Å². The summed E-state index contributed by atoms with van der Waals surface area (Å²) in [5, 5.41) is 0. The van der Waals surface area contributed by atoms with Gasteiger partial charge in [-0.3, -0.25) is 0 Å². The second-order valence-electron chi connectivity index (χ2n) is 12.4. The van der Waals surface area contributed by atoms with Crippen molar-refractivity contribution in [1.29, 1.82) is 0 Å². The van der Waals surface area contributed by atoms with E-state index < -0.39 is 40.5 Å². The SMILES string of the molecule is CCCCOCCCCOc1cc2c(c(F)n1)C(F)(F)C(c1ccc(CCCCCCCCCC3CC3)c(F)c1F)CC2. The van der Waals surface area contributed by atoms with Gasteiger partial charge >= 0.3 is 0 Å². The van der Waals surface area contributed by atoms with Crippen LogP contribution in [0.1, 0.15) is 131 Å². The van der Waals surface area contributed by atoms with Crippen LogP contribution in [0.5, 0.6) is 5.88 Å². The number of aromatic nitrogens is 1. The van der Waals surface area contributed by atoms with Crippen LogP contribution in [0.3, 0.4) is 0 Å². The summed E-state index contributed by atoms with van der Waals surface area (Å²) in [6.45, 7) is 3.67. The van der Waals surface area contributed by atoms with Gasteiger partial charge in [0.1, 0.15) is 0 Å². The van der Waals surface area contributed by atoms with E-state index in [2.05, 4.69) is 11.9 Å². The zero-order chi connectivity index (χ0) is 30.7. The van der Waals surface area contributed by atoms with Crippen LogP contribution in [0.25, 0.3) is 0 Å². The Bertz CT molecular complexity index is 1150. The van der Waals surface area contributed by atoms with Crippen LogP contribution in [-0.4, -0.2) is 24.8 Å². The lowest BCUT2D eigenvalue weighted by atomic mass is 9.77. The van der Waals surface area contributed by atoms with Gasteiger partial charge in [-0.1, -0.05) is 83.3 Å². The Kier molecular flexibility index (Phi) is 13.1. The number of nitrogens with zero attached hydrogens (tertiary/aromatic N) is 1. The Hall–Kier alpha value is -2.22. The highest BCUT2D eigenvalue weighted by Crippen LogP contribution is 2.51. The van der Waals surface area contributed by atoms with Gasteiger partial charge < -0.3 is 9.47 Å². The van der Waals surface area contributed by atoms with E-state index >= 15 is 17.6 Å². The molecule has 0 bridgehead atoms. The molecule has 0 spiro atoms. The molecular formula is C35H48F5NO2. The molecule has 43 heavy (non-hydrogen) atoms. The summed E-state index contributed by atoms with van der Waals surface area (Å²) < 4.78 is 87.5. The minimum absolute atomic E-state index is 0.0486. The van der Waals surface area contributed by atoms with E-state index in [-0.39, 0.29) is 36.5 Å². The van der Waals surface area contributed by atoms with Crippen molar-refractivity contribution in [2.45, 2.75) is 128 Å². The predicted octanol–water partition coefficient (Wildman–Crippen LogP) is 10.4. The molecule has 4 rings (SSSR count). The number of pyridine rings is 1. The predicted molar refractivity (Wildman–Crippen MR) is 159 cm³/mol. The molecule has 1 aromatic heterocycles. The van der Waals surface area contributed by atoms with Crippen molar-refractivity contribution in [3.05, 3.63) is 58.0 Å². The first-order valence-electron chi connectivity index (χ1n) is 16.6. The van der Waals surface area contributed by atoms with Crippen LogP contribution in [-0.2, 0) is 23.5 Å². The van der Waals surface area contributed by atoms with Gasteiger partial charge in [0.15, 0.2) is 11.6 Å². The van der Waals surface area contributed by atoms with Crippen molar-refractivity contribution >= 4 is 0 Å². The molecule has 0 radical (unpaired) electrons. The van der Waals surface area contributed by atoms with Crippen molar-refractivity contribution in [2.75, 3.05) is 19.8 Å². The van der Waals surface area contributed by atoms with Crippen LogP contribution in [0.2, 0.25) is 0 Å². The van der Waals surface area contributed by atoms with Gasteiger partial charge in [0.05, 0.1) is 18.1 Å². The molecule has 1 unspecified atom stereocenters. The second-order valence-corrected chi connectivity index (χ2v) is 12.4. The van der Waals surface area contributed by atoms with Gasteiger partial charge in [-0.2, -0.15) is 9.37 Å². The number of aryl methyl sites for hydroxylation is 2. The Morgan fingerprint density at radius 2 is 1.51 bits per heavy atom. The number of ether oxygens (including phenoxy) is 2. The standard InChI is InChI=1S/C35H48F5NO2/c1-2-3-21-42-22-11-12-23-43-30-24-27-18-20-29(35(39,40)31(27)34(38)41-30)28-19-17-26(32(36)33(28)37)14-10-8-6-4-5-7-9-13-25-15-16-25/h17,19,24-25,29H,2-16,18,20-23H2,1H3. The number of benzene rings is 1. The monoisotopic (exact) mass is 609 g/mol. The van der Waals surface area contributed by atoms with Crippen molar-refractivity contribution in [1.82, 2.24) is 4.98 Å². The number of halogens is 5. The lowest BCUT2D eigenvalue weighted by Crippen LogP contribution is -2.32. The highest BCUT2D eigenvalue weighted by Gasteiger charge is 2.50. The topological polar surface area (TPSA) is 31.4 Å². The van der Waals surface area contributed by atoms with Gasteiger partial charge in [0, 0.05) is 24.8 Å².